The Bertz CT molecular complexity index is 1670. The summed E-state index contributed by atoms with van der Waals surface area (Å²) >= 11 is 7.36. The molecule has 5 rings (SSSR count). The van der Waals surface area contributed by atoms with Crippen molar-refractivity contribution < 1.29 is 23.8 Å². The van der Waals surface area contributed by atoms with Crippen LogP contribution >= 0.6 is 22.9 Å². The third-order valence-electron chi connectivity index (χ3n) is 7.74. The second kappa shape index (κ2) is 11.9. The van der Waals surface area contributed by atoms with Crippen LogP contribution in [0.25, 0.3) is 0 Å². The van der Waals surface area contributed by atoms with E-state index in [1.54, 1.807) is 49.6 Å². The number of hydrogen-bond donors (Lipinski definition) is 2. The first-order chi connectivity index (χ1) is 20.4. The average molecular weight is 619 g/mol. The fraction of sp³-hybridized carbons (Fsp3) is 0.294. The number of anilines is 1. The number of amides is 1. The maximum atomic E-state index is 13.0. The quantitative estimate of drug-likeness (QED) is 0.259. The van der Waals surface area contributed by atoms with Gasteiger partial charge in [0.2, 0.25) is 0 Å². The van der Waals surface area contributed by atoms with Gasteiger partial charge in [-0.1, -0.05) is 36.7 Å². The van der Waals surface area contributed by atoms with E-state index >= 15 is 0 Å². The van der Waals surface area contributed by atoms with Crippen LogP contribution in [0.4, 0.5) is 10.5 Å². The van der Waals surface area contributed by atoms with E-state index in [9.17, 15) is 9.59 Å². The molecule has 2 aromatic carbocycles. The Labute approximate surface area is 261 Å². The summed E-state index contributed by atoms with van der Waals surface area (Å²) in [5, 5.41) is 6.90. The van der Waals surface area contributed by atoms with Crippen LogP contribution in [-0.2, 0) is 10.2 Å². The summed E-state index contributed by atoms with van der Waals surface area (Å²) in [4.78, 5) is 27.3. The van der Waals surface area contributed by atoms with E-state index in [1.165, 1.54) is 11.3 Å². The summed E-state index contributed by atoms with van der Waals surface area (Å²) in [5.41, 5.74) is 4.79. The number of benzene rings is 2. The van der Waals surface area contributed by atoms with Crippen molar-refractivity contribution in [2.45, 2.75) is 52.0 Å². The monoisotopic (exact) mass is 618 g/mol. The Morgan fingerprint density at radius 2 is 1.79 bits per heavy atom. The Kier molecular flexibility index (Phi) is 8.45. The number of rotatable bonds is 7. The third kappa shape index (κ3) is 6.50. The molecule has 2 aliphatic rings. The van der Waals surface area contributed by atoms with E-state index in [-0.39, 0.29) is 18.1 Å². The minimum Gasteiger partial charge on any atom is -0.496 e. The molecule has 3 aromatic rings. The summed E-state index contributed by atoms with van der Waals surface area (Å²) in [5.74, 6) is 0.534. The van der Waals surface area contributed by atoms with E-state index in [1.807, 2.05) is 19.1 Å². The standard InChI is InChI=1S/C34H35ClN2O5S/c1-20-18-33(3,4)37-27-15-16-34(5,26(30(20)27)19-41-31(38)29-14-7-21(2)43-29)25-13-12-24(17-28(25)40-6)42-32(39)36-23-10-8-22(35)9-11-23/h7-15,17-18,37H,16,19H2,1-6H3,(H,36,39). The van der Waals surface area contributed by atoms with Crippen LogP contribution in [0.5, 0.6) is 11.5 Å². The number of halogens is 1. The van der Waals surface area contributed by atoms with Gasteiger partial charge in [-0.25, -0.2) is 9.59 Å². The largest absolute Gasteiger partial charge is 0.496 e. The first kappa shape index (κ1) is 30.4. The van der Waals surface area contributed by atoms with Gasteiger partial charge in [0.05, 0.1) is 12.6 Å². The van der Waals surface area contributed by atoms with Gasteiger partial charge in [0, 0.05) is 43.9 Å². The third-order valence-corrected chi connectivity index (χ3v) is 8.97. The molecule has 2 N–H and O–H groups in total. The number of aryl methyl sites for hydroxylation is 1. The molecule has 0 fully saturated rings. The predicted octanol–water partition coefficient (Wildman–Crippen LogP) is 8.36. The number of methoxy groups -OCH3 is 1. The Balaban J connectivity index is 1.48. The zero-order valence-corrected chi connectivity index (χ0v) is 26.7. The number of carbonyl (C=O) groups excluding carboxylic acids is 2. The van der Waals surface area contributed by atoms with Gasteiger partial charge in [-0.05, 0) is 87.7 Å². The van der Waals surface area contributed by atoms with Gasteiger partial charge < -0.3 is 19.5 Å². The highest BCUT2D eigenvalue weighted by Crippen LogP contribution is 2.49. The van der Waals surface area contributed by atoms with Gasteiger partial charge in [-0.15, -0.1) is 11.3 Å². The van der Waals surface area contributed by atoms with E-state index in [0.717, 1.165) is 32.9 Å². The molecule has 0 radical (unpaired) electrons. The summed E-state index contributed by atoms with van der Waals surface area (Å²) in [6, 6.07) is 15.8. The van der Waals surface area contributed by atoms with Gasteiger partial charge >= 0.3 is 12.1 Å². The van der Waals surface area contributed by atoms with Crippen LogP contribution in [0.15, 0.2) is 89.2 Å². The Morgan fingerprint density at radius 1 is 1.05 bits per heavy atom. The SMILES string of the molecule is COc1cc(OC(=O)Nc2ccc(Cl)cc2)ccc1C1(C)CC=C2NC(C)(C)C=C(C)C2=C1COC(=O)c1ccc(C)s1. The van der Waals surface area contributed by atoms with Crippen LogP contribution in [0.2, 0.25) is 5.02 Å². The molecule has 224 valence electrons. The smallest absolute Gasteiger partial charge is 0.417 e. The van der Waals surface area contributed by atoms with Crippen molar-refractivity contribution in [2.75, 3.05) is 19.0 Å². The number of thiophene rings is 1. The van der Waals surface area contributed by atoms with Gasteiger partial charge in [0.1, 0.15) is 23.0 Å². The number of ether oxygens (including phenoxy) is 3. The maximum absolute atomic E-state index is 13.0. The number of allylic oxidation sites excluding steroid dienone is 2. The minimum atomic E-state index is -0.635. The van der Waals surface area contributed by atoms with E-state index in [4.69, 9.17) is 25.8 Å². The lowest BCUT2D eigenvalue weighted by Gasteiger charge is -2.43. The van der Waals surface area contributed by atoms with Crippen molar-refractivity contribution in [2.24, 2.45) is 0 Å². The van der Waals surface area contributed by atoms with Crippen LogP contribution < -0.4 is 20.1 Å². The minimum absolute atomic E-state index is 0.108. The molecular weight excluding hydrogens is 584 g/mol. The van der Waals surface area contributed by atoms with Crippen molar-refractivity contribution in [3.63, 3.8) is 0 Å². The first-order valence-electron chi connectivity index (χ1n) is 14.0. The van der Waals surface area contributed by atoms with Gasteiger partial charge in [0.25, 0.3) is 0 Å². The molecule has 1 unspecified atom stereocenters. The lowest BCUT2D eigenvalue weighted by atomic mass is 9.66. The van der Waals surface area contributed by atoms with Crippen molar-refractivity contribution >= 4 is 40.7 Å². The molecule has 2 heterocycles. The molecule has 0 saturated heterocycles. The molecule has 0 bridgehead atoms. The maximum Gasteiger partial charge on any atom is 0.417 e. The lowest BCUT2D eigenvalue weighted by molar-refractivity contribution is 0.0533. The average Bonchev–Trinajstić information content (AvgIpc) is 3.39. The normalized spacial score (nSPS) is 19.0. The molecule has 1 amide bonds. The molecule has 7 nitrogen and oxygen atoms in total. The van der Waals surface area contributed by atoms with E-state index in [2.05, 4.69) is 50.5 Å². The van der Waals surface area contributed by atoms with Crippen LogP contribution in [0.1, 0.15) is 54.2 Å². The Morgan fingerprint density at radius 3 is 2.47 bits per heavy atom. The van der Waals surface area contributed by atoms with Gasteiger partial charge in [0.15, 0.2) is 0 Å². The molecule has 0 saturated carbocycles. The molecule has 1 aliphatic heterocycles. The number of fused-ring (bicyclic) bond motifs is 1. The second-order valence-corrected chi connectivity index (χ2v) is 13.3. The second-order valence-electron chi connectivity index (χ2n) is 11.6. The Hall–Kier alpha value is -4.01. The fourth-order valence-electron chi connectivity index (χ4n) is 5.76. The highest BCUT2D eigenvalue weighted by molar-refractivity contribution is 7.13. The number of nitrogens with one attached hydrogen (secondary N) is 2. The zero-order valence-electron chi connectivity index (χ0n) is 25.1. The lowest BCUT2D eigenvalue weighted by Crippen LogP contribution is -2.44. The molecular formula is C34H35ClN2O5S. The number of carbonyl (C=O) groups is 2. The van der Waals surface area contributed by atoms with Crippen molar-refractivity contribution in [3.05, 3.63) is 110 Å². The summed E-state index contributed by atoms with van der Waals surface area (Å²) in [7, 11) is 1.59. The first-order valence-corrected chi connectivity index (χ1v) is 15.2. The highest BCUT2D eigenvalue weighted by atomic mass is 35.5. The fourth-order valence-corrected chi connectivity index (χ4v) is 6.65. The van der Waals surface area contributed by atoms with Crippen molar-refractivity contribution in [1.82, 2.24) is 5.32 Å². The predicted molar refractivity (Wildman–Crippen MR) is 171 cm³/mol. The van der Waals surface area contributed by atoms with Gasteiger partial charge in [-0.2, -0.15) is 0 Å². The topological polar surface area (TPSA) is 85.9 Å². The molecule has 1 aliphatic carbocycles. The van der Waals surface area contributed by atoms with E-state index in [0.29, 0.717) is 33.5 Å². The summed E-state index contributed by atoms with van der Waals surface area (Å²) in [6.45, 7) is 10.6. The molecule has 9 heteroatoms. The van der Waals surface area contributed by atoms with E-state index < -0.39 is 11.5 Å². The zero-order chi connectivity index (χ0) is 30.9. The van der Waals surface area contributed by atoms with Crippen LogP contribution in [0, 0.1) is 6.92 Å². The number of esters is 1. The molecule has 1 atom stereocenters. The molecule has 43 heavy (non-hydrogen) atoms. The van der Waals surface area contributed by atoms with Gasteiger partial charge in [-0.3, -0.25) is 5.32 Å². The molecule has 1 aromatic heterocycles. The molecule has 0 spiro atoms. The van der Waals surface area contributed by atoms with Crippen molar-refractivity contribution in [1.29, 1.82) is 0 Å². The van der Waals surface area contributed by atoms with Crippen LogP contribution in [0.3, 0.4) is 0 Å². The summed E-state index contributed by atoms with van der Waals surface area (Å²) < 4.78 is 17.4. The number of hydrogen-bond acceptors (Lipinski definition) is 7. The summed E-state index contributed by atoms with van der Waals surface area (Å²) in [6.07, 6.45) is 4.40. The van der Waals surface area contributed by atoms with Crippen LogP contribution in [-0.4, -0.2) is 31.3 Å². The van der Waals surface area contributed by atoms with Crippen molar-refractivity contribution in [3.8, 4) is 11.5 Å². The highest BCUT2D eigenvalue weighted by Gasteiger charge is 2.41.